The van der Waals surface area contributed by atoms with Crippen molar-refractivity contribution in [2.45, 2.75) is 38.8 Å². The van der Waals surface area contributed by atoms with Gasteiger partial charge in [0.1, 0.15) is 11.6 Å². The van der Waals surface area contributed by atoms with Crippen LogP contribution in [0.1, 0.15) is 27.2 Å². The molecule has 2 unspecified atom stereocenters. The normalized spacial score (nSPS) is 30.8. The highest BCUT2D eigenvalue weighted by atomic mass is 16.6. The minimum absolute atomic E-state index is 0.172. The lowest BCUT2D eigenvalue weighted by atomic mass is 9.89. The lowest BCUT2D eigenvalue weighted by molar-refractivity contribution is -0.147. The fraction of sp³-hybridized carbons (Fsp3) is 0.500. The fourth-order valence-corrected chi connectivity index (χ4v) is 2.24. The van der Waals surface area contributed by atoms with Crippen molar-refractivity contribution in [1.82, 2.24) is 10.4 Å². The van der Waals surface area contributed by atoms with Gasteiger partial charge in [0.15, 0.2) is 0 Å². The molecule has 0 saturated carbocycles. The topological polar surface area (TPSA) is 58.6 Å². The highest BCUT2D eigenvalue weighted by molar-refractivity contribution is 5.94. The minimum Gasteiger partial charge on any atom is -0.453 e. The maximum atomic E-state index is 11.8. The number of esters is 1. The summed E-state index contributed by atoms with van der Waals surface area (Å²) in [7, 11) is 0. The van der Waals surface area contributed by atoms with Gasteiger partial charge in [0.05, 0.1) is 5.57 Å². The number of cyclic esters (lactones) is 1. The molecule has 0 radical (unpaired) electrons. The van der Waals surface area contributed by atoms with Crippen molar-refractivity contribution in [3.63, 3.8) is 0 Å². The Balaban J connectivity index is 2.35. The largest absolute Gasteiger partial charge is 0.453 e. The number of allylic oxidation sites excluding steroid dienone is 2. The summed E-state index contributed by atoms with van der Waals surface area (Å²) in [6.45, 7) is 5.28. The number of hydrazine groups is 1. The number of hydrogen-bond acceptors (Lipinski definition) is 4. The standard InChI is InChI=1S/C12H16N2O3/c1-4-12(3)10-9(11(16)17-12)6-5-7-14(10)13-8(2)15/h5-7,10H,4H2,1-3H3,(H,13,15). The summed E-state index contributed by atoms with van der Waals surface area (Å²) in [6.07, 6.45) is 5.90. The molecule has 0 aliphatic carbocycles. The van der Waals surface area contributed by atoms with Gasteiger partial charge < -0.3 is 4.74 Å². The SMILES string of the molecule is CCC1(C)OC(=O)C2=CC=CN(NC(C)=O)C21. The Bertz CT molecular complexity index is 427. The molecule has 2 atom stereocenters. The molecule has 5 nitrogen and oxygen atoms in total. The number of nitrogens with zero attached hydrogens (tertiary/aromatic N) is 1. The van der Waals surface area contributed by atoms with E-state index in [4.69, 9.17) is 4.74 Å². The Kier molecular flexibility index (Phi) is 2.69. The van der Waals surface area contributed by atoms with E-state index >= 15 is 0 Å². The first-order valence-corrected chi connectivity index (χ1v) is 5.65. The smallest absolute Gasteiger partial charge is 0.336 e. The van der Waals surface area contributed by atoms with Crippen LogP contribution in [-0.2, 0) is 14.3 Å². The van der Waals surface area contributed by atoms with E-state index in [1.165, 1.54) is 6.92 Å². The van der Waals surface area contributed by atoms with Gasteiger partial charge in [0, 0.05) is 13.1 Å². The molecule has 5 heteroatoms. The Morgan fingerprint density at radius 3 is 2.94 bits per heavy atom. The number of ether oxygens (including phenoxy) is 1. The summed E-state index contributed by atoms with van der Waals surface area (Å²) in [6, 6.07) is -0.256. The average Bonchev–Trinajstić information content (AvgIpc) is 2.52. The van der Waals surface area contributed by atoms with Crippen LogP contribution in [0.3, 0.4) is 0 Å². The van der Waals surface area contributed by atoms with Crippen LogP contribution in [-0.4, -0.2) is 28.5 Å². The van der Waals surface area contributed by atoms with Crippen LogP contribution in [0.2, 0.25) is 0 Å². The zero-order chi connectivity index (χ0) is 12.6. The summed E-state index contributed by atoms with van der Waals surface area (Å²) in [5, 5.41) is 1.64. The van der Waals surface area contributed by atoms with Crippen molar-refractivity contribution in [1.29, 1.82) is 0 Å². The molecule has 92 valence electrons. The molecule has 2 aliphatic heterocycles. The predicted molar refractivity (Wildman–Crippen MR) is 61.5 cm³/mol. The van der Waals surface area contributed by atoms with Gasteiger partial charge in [0.25, 0.3) is 0 Å². The van der Waals surface area contributed by atoms with Gasteiger partial charge in [-0.25, -0.2) is 4.79 Å². The second kappa shape index (κ2) is 3.91. The number of nitrogens with one attached hydrogen (secondary N) is 1. The Morgan fingerprint density at radius 1 is 1.65 bits per heavy atom. The third kappa shape index (κ3) is 1.81. The summed E-state index contributed by atoms with van der Waals surface area (Å²) in [4.78, 5) is 22.9. The molecule has 2 heterocycles. The third-order valence-corrected chi connectivity index (χ3v) is 3.22. The first-order chi connectivity index (χ1) is 7.98. The van der Waals surface area contributed by atoms with Crippen LogP contribution in [0.4, 0.5) is 0 Å². The van der Waals surface area contributed by atoms with Crippen molar-refractivity contribution in [2.24, 2.45) is 0 Å². The van der Waals surface area contributed by atoms with E-state index in [1.807, 2.05) is 13.8 Å². The van der Waals surface area contributed by atoms with Crippen molar-refractivity contribution < 1.29 is 14.3 Å². The van der Waals surface area contributed by atoms with Crippen LogP contribution in [0.15, 0.2) is 23.9 Å². The molecule has 0 aromatic heterocycles. The fourth-order valence-electron chi connectivity index (χ4n) is 2.24. The molecule has 2 aliphatic rings. The Labute approximate surface area is 100 Å². The maximum Gasteiger partial charge on any atom is 0.336 e. The zero-order valence-corrected chi connectivity index (χ0v) is 10.2. The van der Waals surface area contributed by atoms with E-state index in [0.717, 1.165) is 0 Å². The van der Waals surface area contributed by atoms with Crippen molar-refractivity contribution in [3.05, 3.63) is 23.9 Å². The van der Waals surface area contributed by atoms with E-state index in [1.54, 1.807) is 23.4 Å². The van der Waals surface area contributed by atoms with E-state index in [9.17, 15) is 9.59 Å². The molecule has 0 aromatic rings. The van der Waals surface area contributed by atoms with Gasteiger partial charge in [-0.1, -0.05) is 6.92 Å². The second-order valence-electron chi connectivity index (χ2n) is 4.50. The minimum atomic E-state index is -0.601. The molecule has 1 N–H and O–H groups in total. The molecular formula is C12H16N2O3. The summed E-state index contributed by atoms with van der Waals surface area (Å²) in [5.74, 6) is -0.479. The molecule has 0 aromatic carbocycles. The van der Waals surface area contributed by atoms with Gasteiger partial charge in [-0.05, 0) is 25.5 Å². The number of amides is 1. The lowest BCUT2D eigenvalue weighted by Crippen LogP contribution is -2.53. The van der Waals surface area contributed by atoms with Crippen molar-refractivity contribution in [2.75, 3.05) is 0 Å². The molecule has 0 spiro atoms. The Morgan fingerprint density at radius 2 is 2.35 bits per heavy atom. The quantitative estimate of drug-likeness (QED) is 0.723. The number of hydrogen-bond donors (Lipinski definition) is 1. The van der Waals surface area contributed by atoms with Crippen LogP contribution >= 0.6 is 0 Å². The second-order valence-corrected chi connectivity index (χ2v) is 4.50. The first-order valence-electron chi connectivity index (χ1n) is 5.65. The van der Waals surface area contributed by atoms with E-state index in [-0.39, 0.29) is 17.9 Å². The molecule has 1 fully saturated rings. The lowest BCUT2D eigenvalue weighted by Gasteiger charge is -2.37. The van der Waals surface area contributed by atoms with Gasteiger partial charge in [-0.15, -0.1) is 0 Å². The van der Waals surface area contributed by atoms with Crippen LogP contribution in [0.25, 0.3) is 0 Å². The van der Waals surface area contributed by atoms with Gasteiger partial charge in [-0.2, -0.15) is 0 Å². The average molecular weight is 236 g/mol. The first kappa shape index (κ1) is 11.7. The highest BCUT2D eigenvalue weighted by Crippen LogP contribution is 2.38. The molecule has 1 amide bonds. The monoisotopic (exact) mass is 236 g/mol. The van der Waals surface area contributed by atoms with E-state index in [2.05, 4.69) is 5.43 Å². The zero-order valence-electron chi connectivity index (χ0n) is 10.2. The van der Waals surface area contributed by atoms with Crippen LogP contribution in [0.5, 0.6) is 0 Å². The van der Waals surface area contributed by atoms with E-state index in [0.29, 0.717) is 12.0 Å². The molecular weight excluding hydrogens is 220 g/mol. The van der Waals surface area contributed by atoms with Crippen molar-refractivity contribution in [3.8, 4) is 0 Å². The van der Waals surface area contributed by atoms with Crippen LogP contribution in [0, 0.1) is 0 Å². The maximum absolute atomic E-state index is 11.8. The van der Waals surface area contributed by atoms with Gasteiger partial charge >= 0.3 is 5.97 Å². The number of fused-ring (bicyclic) bond motifs is 1. The molecule has 0 bridgehead atoms. The van der Waals surface area contributed by atoms with Crippen LogP contribution < -0.4 is 5.43 Å². The highest BCUT2D eigenvalue weighted by Gasteiger charge is 2.51. The number of rotatable bonds is 2. The van der Waals surface area contributed by atoms with E-state index < -0.39 is 5.60 Å². The number of carbonyl (C=O) groups is 2. The van der Waals surface area contributed by atoms with Gasteiger partial charge in [-0.3, -0.25) is 15.2 Å². The summed E-state index contributed by atoms with van der Waals surface area (Å²) < 4.78 is 5.42. The predicted octanol–water partition coefficient (Wildman–Crippen LogP) is 0.887. The number of carbonyl (C=O) groups excluding carboxylic acids is 2. The molecule has 1 saturated heterocycles. The third-order valence-electron chi connectivity index (χ3n) is 3.22. The summed E-state index contributed by atoms with van der Waals surface area (Å²) >= 11 is 0. The Hall–Kier alpha value is -1.78. The summed E-state index contributed by atoms with van der Waals surface area (Å²) in [5.41, 5.74) is 2.69. The molecule has 17 heavy (non-hydrogen) atoms. The van der Waals surface area contributed by atoms with Gasteiger partial charge in [0.2, 0.25) is 5.91 Å². The van der Waals surface area contributed by atoms with Crippen molar-refractivity contribution >= 4 is 11.9 Å². The molecule has 2 rings (SSSR count).